The summed E-state index contributed by atoms with van der Waals surface area (Å²) >= 11 is 0. The van der Waals surface area contributed by atoms with E-state index in [1.165, 1.54) is 16.3 Å². The number of benzene rings is 4. The molecule has 0 unspecified atom stereocenters. The van der Waals surface area contributed by atoms with E-state index in [-0.39, 0.29) is 6.42 Å². The van der Waals surface area contributed by atoms with E-state index >= 15 is 0 Å². The monoisotopic (exact) mass is 328 g/mol. The van der Waals surface area contributed by atoms with Gasteiger partial charge in [0.1, 0.15) is 0 Å². The summed E-state index contributed by atoms with van der Waals surface area (Å²) in [6.45, 7) is 2.14. The first-order chi connectivity index (χ1) is 12.1. The molecular formula is C23H20O2. The van der Waals surface area contributed by atoms with Crippen molar-refractivity contribution in [2.45, 2.75) is 13.3 Å². The molecule has 2 heteroatoms. The first-order valence-corrected chi connectivity index (χ1v) is 8.27. The highest BCUT2D eigenvalue weighted by molar-refractivity contribution is 5.85. The Morgan fingerprint density at radius 3 is 2.12 bits per heavy atom. The summed E-state index contributed by atoms with van der Waals surface area (Å²) in [4.78, 5) is 10.5. The van der Waals surface area contributed by atoms with Gasteiger partial charge in [0.15, 0.2) is 0 Å². The van der Waals surface area contributed by atoms with Gasteiger partial charge >= 0.3 is 5.97 Å². The average Bonchev–Trinajstić information content (AvgIpc) is 2.62. The zero-order valence-corrected chi connectivity index (χ0v) is 14.1. The molecule has 0 aromatic heterocycles. The van der Waals surface area contributed by atoms with Crippen LogP contribution in [0, 0.1) is 6.92 Å². The lowest BCUT2D eigenvalue weighted by atomic mass is 10.1. The molecular weight excluding hydrogens is 308 g/mol. The van der Waals surface area contributed by atoms with Gasteiger partial charge in [0.2, 0.25) is 0 Å². The Kier molecular flexibility index (Phi) is 5.10. The molecule has 124 valence electrons. The average molecular weight is 328 g/mol. The summed E-state index contributed by atoms with van der Waals surface area (Å²) in [6.07, 6.45) is 0.0881. The van der Waals surface area contributed by atoms with Gasteiger partial charge in [-0.2, -0.15) is 0 Å². The molecule has 0 heterocycles. The molecule has 0 aliphatic carbocycles. The van der Waals surface area contributed by atoms with Crippen LogP contribution in [0.3, 0.4) is 0 Å². The molecule has 0 amide bonds. The molecule has 0 bridgehead atoms. The van der Waals surface area contributed by atoms with E-state index in [0.717, 1.165) is 16.3 Å². The van der Waals surface area contributed by atoms with E-state index < -0.39 is 5.97 Å². The molecule has 25 heavy (non-hydrogen) atoms. The van der Waals surface area contributed by atoms with E-state index in [2.05, 4.69) is 49.4 Å². The number of hydrogen-bond donors (Lipinski definition) is 1. The van der Waals surface area contributed by atoms with Crippen LogP contribution in [0.25, 0.3) is 21.5 Å². The van der Waals surface area contributed by atoms with Crippen LogP contribution in [0.1, 0.15) is 11.1 Å². The predicted octanol–water partition coefficient (Wildman–Crippen LogP) is 5.62. The molecule has 4 aromatic rings. The van der Waals surface area contributed by atoms with Gasteiger partial charge in [-0.25, -0.2) is 0 Å². The summed E-state index contributed by atoms with van der Waals surface area (Å²) in [7, 11) is 0. The van der Waals surface area contributed by atoms with Gasteiger partial charge in [-0.3, -0.25) is 4.79 Å². The van der Waals surface area contributed by atoms with Crippen LogP contribution in [-0.2, 0) is 11.2 Å². The lowest BCUT2D eigenvalue weighted by Gasteiger charge is -2.00. The lowest BCUT2D eigenvalue weighted by molar-refractivity contribution is -0.136. The van der Waals surface area contributed by atoms with Crippen LogP contribution >= 0.6 is 0 Å². The molecule has 2 nitrogen and oxygen atoms in total. The van der Waals surface area contributed by atoms with Crippen molar-refractivity contribution in [3.8, 4) is 0 Å². The molecule has 0 radical (unpaired) electrons. The highest BCUT2D eigenvalue weighted by Gasteiger charge is 2.00. The minimum absolute atomic E-state index is 0.0881. The normalized spacial score (nSPS) is 10.3. The second kappa shape index (κ2) is 7.63. The Morgan fingerprint density at radius 1 is 0.760 bits per heavy atom. The molecule has 0 aliphatic rings. The van der Waals surface area contributed by atoms with Crippen LogP contribution in [0.2, 0.25) is 0 Å². The summed E-state index contributed by atoms with van der Waals surface area (Å²) < 4.78 is 0. The zero-order valence-electron chi connectivity index (χ0n) is 14.1. The number of aliphatic carboxylic acids is 1. The van der Waals surface area contributed by atoms with Crippen molar-refractivity contribution in [1.82, 2.24) is 0 Å². The van der Waals surface area contributed by atoms with Gasteiger partial charge in [0.25, 0.3) is 0 Å². The van der Waals surface area contributed by atoms with Crippen molar-refractivity contribution in [3.63, 3.8) is 0 Å². The molecule has 4 rings (SSSR count). The maximum absolute atomic E-state index is 10.5. The van der Waals surface area contributed by atoms with Crippen LogP contribution in [0.5, 0.6) is 0 Å². The Balaban J connectivity index is 0.000000150. The fourth-order valence-electron chi connectivity index (χ4n) is 2.91. The van der Waals surface area contributed by atoms with Crippen LogP contribution in [0.4, 0.5) is 0 Å². The smallest absolute Gasteiger partial charge is 0.307 e. The summed E-state index contributed by atoms with van der Waals surface area (Å²) in [6, 6.07) is 28.5. The van der Waals surface area contributed by atoms with E-state index in [9.17, 15) is 4.79 Å². The quantitative estimate of drug-likeness (QED) is 0.519. The van der Waals surface area contributed by atoms with Gasteiger partial charge in [0.05, 0.1) is 6.42 Å². The fourth-order valence-corrected chi connectivity index (χ4v) is 2.91. The molecule has 0 saturated carbocycles. The summed E-state index contributed by atoms with van der Waals surface area (Å²) in [5.41, 5.74) is 2.19. The third-order valence-corrected chi connectivity index (χ3v) is 4.18. The first kappa shape index (κ1) is 16.7. The van der Waals surface area contributed by atoms with Gasteiger partial charge in [-0.1, -0.05) is 84.9 Å². The maximum atomic E-state index is 10.5. The van der Waals surface area contributed by atoms with E-state index in [0.29, 0.717) is 0 Å². The predicted molar refractivity (Wildman–Crippen MR) is 104 cm³/mol. The van der Waals surface area contributed by atoms with Crippen molar-refractivity contribution in [3.05, 3.63) is 96.1 Å². The number of carbonyl (C=O) groups is 1. The maximum Gasteiger partial charge on any atom is 0.307 e. The van der Waals surface area contributed by atoms with Gasteiger partial charge in [-0.15, -0.1) is 0 Å². The lowest BCUT2D eigenvalue weighted by Crippen LogP contribution is -1.99. The number of carboxylic acids is 1. The molecule has 4 aromatic carbocycles. The van der Waals surface area contributed by atoms with Crippen molar-refractivity contribution in [2.24, 2.45) is 0 Å². The van der Waals surface area contributed by atoms with Crippen LogP contribution in [-0.4, -0.2) is 11.1 Å². The number of carboxylic acid groups (broad SMARTS) is 1. The number of rotatable bonds is 2. The van der Waals surface area contributed by atoms with E-state index in [4.69, 9.17) is 5.11 Å². The number of hydrogen-bond acceptors (Lipinski definition) is 1. The fraction of sp³-hybridized carbons (Fsp3) is 0.0870. The minimum Gasteiger partial charge on any atom is -0.481 e. The summed E-state index contributed by atoms with van der Waals surface area (Å²) in [5, 5.41) is 13.6. The van der Waals surface area contributed by atoms with Crippen molar-refractivity contribution in [2.75, 3.05) is 0 Å². The third kappa shape index (κ3) is 4.24. The molecule has 0 saturated heterocycles. The minimum atomic E-state index is -0.791. The molecule has 0 spiro atoms. The van der Waals surface area contributed by atoms with Crippen LogP contribution < -0.4 is 0 Å². The highest BCUT2D eigenvalue weighted by Crippen LogP contribution is 2.17. The topological polar surface area (TPSA) is 37.3 Å². The first-order valence-electron chi connectivity index (χ1n) is 8.27. The standard InChI is InChI=1S/C12H10O2.C11H10/c13-12(14)8-9-5-6-10-3-1-2-4-11(10)7-9;1-9-5-4-7-10-6-2-3-8-11(9)10/h1-7H,8H2,(H,13,14);2-8H,1H3. The summed E-state index contributed by atoms with van der Waals surface area (Å²) in [5.74, 6) is -0.791. The molecule has 1 N–H and O–H groups in total. The second-order valence-corrected chi connectivity index (χ2v) is 6.05. The second-order valence-electron chi connectivity index (χ2n) is 6.05. The van der Waals surface area contributed by atoms with Crippen molar-refractivity contribution in [1.29, 1.82) is 0 Å². The molecule has 0 aliphatic heterocycles. The van der Waals surface area contributed by atoms with Crippen LogP contribution in [0.15, 0.2) is 84.9 Å². The van der Waals surface area contributed by atoms with Gasteiger partial charge in [-0.05, 0) is 39.6 Å². The Bertz CT molecular complexity index is 1010. The van der Waals surface area contributed by atoms with Crippen molar-refractivity contribution < 1.29 is 9.90 Å². The molecule has 0 fully saturated rings. The Morgan fingerprint density at radius 2 is 1.40 bits per heavy atom. The largest absolute Gasteiger partial charge is 0.481 e. The number of fused-ring (bicyclic) bond motifs is 2. The number of aryl methyl sites for hydroxylation is 1. The van der Waals surface area contributed by atoms with Gasteiger partial charge in [0, 0.05) is 0 Å². The van der Waals surface area contributed by atoms with Crippen molar-refractivity contribution >= 4 is 27.5 Å². The van der Waals surface area contributed by atoms with Gasteiger partial charge < -0.3 is 5.11 Å². The third-order valence-electron chi connectivity index (χ3n) is 4.18. The molecule has 0 atom stereocenters. The Labute approximate surface area is 147 Å². The SMILES string of the molecule is Cc1cccc2ccccc12.O=C(O)Cc1ccc2ccccc2c1. The Hall–Kier alpha value is -3.13. The van der Waals surface area contributed by atoms with E-state index in [1.54, 1.807) is 0 Å². The van der Waals surface area contributed by atoms with E-state index in [1.807, 2.05) is 42.5 Å². The zero-order chi connectivity index (χ0) is 17.6. The highest BCUT2D eigenvalue weighted by atomic mass is 16.4.